The van der Waals surface area contributed by atoms with Gasteiger partial charge < -0.3 is 14.1 Å². The number of hydrogen-bond donors (Lipinski definition) is 1. The number of aliphatic hydroxyl groups is 1. The van der Waals surface area contributed by atoms with Crippen molar-refractivity contribution in [1.29, 1.82) is 0 Å². The van der Waals surface area contributed by atoms with Gasteiger partial charge in [0.15, 0.2) is 5.78 Å². The van der Waals surface area contributed by atoms with E-state index < -0.39 is 6.10 Å². The second-order valence-electron chi connectivity index (χ2n) is 18.6. The number of fused-ring (bicyclic) bond motifs is 14. The number of aliphatic hydroxyl groups excluding tert-OH is 1. The lowest BCUT2D eigenvalue weighted by molar-refractivity contribution is 0.0897. The zero-order chi connectivity index (χ0) is 39.4. The molecule has 2 fully saturated rings. The van der Waals surface area contributed by atoms with Crippen LogP contribution in [0.2, 0.25) is 0 Å². The third kappa shape index (κ3) is 4.47. The molecule has 0 aliphatic heterocycles. The molecule has 4 heteroatoms. The maximum Gasteiger partial charge on any atom is 0.166 e. The molecule has 4 nitrogen and oxygen atoms in total. The highest BCUT2D eigenvalue weighted by atomic mass is 16.3. The van der Waals surface area contributed by atoms with Crippen LogP contribution in [-0.4, -0.2) is 19.9 Å². The van der Waals surface area contributed by atoms with Gasteiger partial charge in [-0.05, 0) is 163 Å². The molecule has 0 amide bonds. The van der Waals surface area contributed by atoms with Crippen molar-refractivity contribution in [1.82, 2.24) is 8.97 Å². The van der Waals surface area contributed by atoms with Gasteiger partial charge in [0.05, 0.1) is 33.7 Å². The number of aromatic nitrogens is 2. The summed E-state index contributed by atoms with van der Waals surface area (Å²) in [6.07, 6.45) is 8.16. The standard InChI is InChI=1S/C56H44N2O2/c59-55-36-15-11-34(12-16-36)40-26-42-43-28-51-52(53-47-27-41-35-13-17-37(18-14-35)56(60)45(41)30-50(47)58(54(43)53)49(42)29-44(40)55)46-25-38(32-9-5-2-6-10-32)21-24-48(46)57(51)39-22-19-33(20-23-39)31-7-3-1-4-8-31/h1-10,19-30,34-37,56,60H,11-18H2. The summed E-state index contributed by atoms with van der Waals surface area (Å²) in [5.74, 6) is 1.67. The van der Waals surface area contributed by atoms with E-state index in [1.165, 1.54) is 82.2 Å². The molecule has 2 saturated carbocycles. The zero-order valence-electron chi connectivity index (χ0n) is 33.5. The van der Waals surface area contributed by atoms with E-state index in [2.05, 4.69) is 142 Å². The maximum absolute atomic E-state index is 14.3. The Kier molecular flexibility index (Phi) is 6.82. The minimum absolute atomic E-state index is 0.132. The predicted molar refractivity (Wildman–Crippen MR) is 245 cm³/mol. The van der Waals surface area contributed by atoms with Crippen molar-refractivity contribution in [3.8, 4) is 27.9 Å². The number of ketones is 1. The van der Waals surface area contributed by atoms with Crippen molar-refractivity contribution in [2.45, 2.75) is 69.3 Å². The first-order valence-electron chi connectivity index (χ1n) is 22.3. The summed E-state index contributed by atoms with van der Waals surface area (Å²) in [4.78, 5) is 14.3. The van der Waals surface area contributed by atoms with Crippen molar-refractivity contribution < 1.29 is 9.90 Å². The summed E-state index contributed by atoms with van der Waals surface area (Å²) < 4.78 is 4.99. The lowest BCUT2D eigenvalue weighted by atomic mass is 9.82. The molecule has 1 unspecified atom stereocenters. The summed E-state index contributed by atoms with van der Waals surface area (Å²) >= 11 is 0. The van der Waals surface area contributed by atoms with E-state index in [9.17, 15) is 9.90 Å². The number of Topliss-reactive ketones (excluding diaryl/α,β-unsaturated/α-hetero) is 1. The van der Waals surface area contributed by atoms with Crippen LogP contribution < -0.4 is 0 Å². The molecule has 10 aromatic rings. The van der Waals surface area contributed by atoms with Crippen LogP contribution in [0, 0.1) is 11.8 Å². The summed E-state index contributed by atoms with van der Waals surface area (Å²) in [6, 6.07) is 49.5. The molecule has 7 aromatic carbocycles. The largest absolute Gasteiger partial charge is 0.388 e. The number of benzene rings is 7. The van der Waals surface area contributed by atoms with Crippen LogP contribution in [0.3, 0.4) is 0 Å². The van der Waals surface area contributed by atoms with Gasteiger partial charge in [-0.3, -0.25) is 4.79 Å². The van der Waals surface area contributed by atoms with Gasteiger partial charge in [0.2, 0.25) is 0 Å². The molecule has 290 valence electrons. The molecule has 3 heterocycles. The minimum atomic E-state index is -0.457. The van der Waals surface area contributed by atoms with Gasteiger partial charge in [0, 0.05) is 49.5 Å². The van der Waals surface area contributed by atoms with Gasteiger partial charge in [-0.15, -0.1) is 0 Å². The number of carbonyl (C=O) groups is 1. The Morgan fingerprint density at radius 2 is 1.05 bits per heavy atom. The quantitative estimate of drug-likeness (QED) is 0.194. The van der Waals surface area contributed by atoms with Gasteiger partial charge in [-0.2, -0.15) is 0 Å². The molecule has 60 heavy (non-hydrogen) atoms. The first-order chi connectivity index (χ1) is 29.6. The van der Waals surface area contributed by atoms with Crippen LogP contribution in [0.5, 0.6) is 0 Å². The molecule has 16 rings (SSSR count). The highest BCUT2D eigenvalue weighted by Gasteiger charge is 2.38. The third-order valence-electron chi connectivity index (χ3n) is 15.8. The third-order valence-corrected chi connectivity index (χ3v) is 15.8. The van der Waals surface area contributed by atoms with E-state index in [1.54, 1.807) is 0 Å². The molecular weight excluding hydrogens is 733 g/mol. The Hall–Kier alpha value is -6.23. The van der Waals surface area contributed by atoms with Crippen LogP contribution in [-0.2, 0) is 0 Å². The van der Waals surface area contributed by atoms with E-state index in [0.29, 0.717) is 23.5 Å². The van der Waals surface area contributed by atoms with Crippen LogP contribution in [0.4, 0.5) is 0 Å². The van der Waals surface area contributed by atoms with Crippen molar-refractivity contribution in [3.63, 3.8) is 0 Å². The Morgan fingerprint density at radius 3 is 1.80 bits per heavy atom. The van der Waals surface area contributed by atoms with Crippen LogP contribution in [0.1, 0.15) is 96.4 Å². The van der Waals surface area contributed by atoms with Crippen LogP contribution in [0.25, 0.3) is 87.8 Å². The first-order valence-corrected chi connectivity index (χ1v) is 22.3. The Labute approximate surface area is 348 Å². The lowest BCUT2D eigenvalue weighted by Gasteiger charge is -2.24. The van der Waals surface area contributed by atoms with Crippen LogP contribution in [0.15, 0.2) is 133 Å². The van der Waals surface area contributed by atoms with Gasteiger partial charge in [-0.25, -0.2) is 0 Å². The van der Waals surface area contributed by atoms with Gasteiger partial charge in [0.25, 0.3) is 0 Å². The summed E-state index contributed by atoms with van der Waals surface area (Å²) in [5, 5.41) is 19.5. The van der Waals surface area contributed by atoms with Crippen LogP contribution >= 0.6 is 0 Å². The molecule has 0 saturated heterocycles. The summed E-state index contributed by atoms with van der Waals surface area (Å²) in [6.45, 7) is 0. The number of carbonyl (C=O) groups excluding carboxylic acids is 1. The second kappa shape index (κ2) is 12.2. The van der Waals surface area contributed by atoms with E-state index in [1.807, 2.05) is 0 Å². The molecule has 3 aromatic heterocycles. The Balaban J connectivity index is 1.16. The SMILES string of the molecule is O=C1c2cc3c(cc2C2CCC1CC2)c1cc2c(c4cc(-c5ccccc5)ccc4n2-c2ccc(-c4ccccc4)cc2)c2c4cc5c(cc4n3c12)C(O)C1CCC5CC1. The number of rotatable bonds is 3. The zero-order valence-corrected chi connectivity index (χ0v) is 33.5. The minimum Gasteiger partial charge on any atom is -0.388 e. The van der Waals surface area contributed by atoms with Gasteiger partial charge in [-0.1, -0.05) is 78.9 Å². The Morgan fingerprint density at radius 1 is 0.450 bits per heavy atom. The first kappa shape index (κ1) is 33.6. The average molecular weight is 777 g/mol. The average Bonchev–Trinajstić information content (AvgIpc) is 3.81. The monoisotopic (exact) mass is 776 g/mol. The van der Waals surface area contributed by atoms with Gasteiger partial charge in [0.1, 0.15) is 0 Å². The summed E-state index contributed by atoms with van der Waals surface area (Å²) in [5.41, 5.74) is 16.5. The molecule has 1 atom stereocenters. The molecule has 1 N–H and O–H groups in total. The second-order valence-corrected chi connectivity index (χ2v) is 18.6. The molecule has 4 bridgehead atoms. The van der Waals surface area contributed by atoms with Gasteiger partial charge >= 0.3 is 0 Å². The van der Waals surface area contributed by atoms with E-state index in [0.717, 1.165) is 79.2 Å². The lowest BCUT2D eigenvalue weighted by Crippen LogP contribution is -2.15. The fourth-order valence-corrected chi connectivity index (χ4v) is 12.8. The molecule has 6 aliphatic rings. The fraction of sp³-hybridized carbons (Fsp3) is 0.232. The molecule has 0 spiro atoms. The molecular formula is C56H44N2O2. The predicted octanol–water partition coefficient (Wildman–Crippen LogP) is 14.1. The van der Waals surface area contributed by atoms with E-state index >= 15 is 0 Å². The van der Waals surface area contributed by atoms with Crippen molar-refractivity contribution >= 4 is 65.7 Å². The van der Waals surface area contributed by atoms with Crippen molar-refractivity contribution in [2.75, 3.05) is 0 Å². The van der Waals surface area contributed by atoms with E-state index in [4.69, 9.17) is 0 Å². The van der Waals surface area contributed by atoms with E-state index in [-0.39, 0.29) is 5.92 Å². The topological polar surface area (TPSA) is 46.6 Å². The van der Waals surface area contributed by atoms with Crippen molar-refractivity contribution in [2.24, 2.45) is 11.8 Å². The maximum atomic E-state index is 14.3. The number of nitrogens with zero attached hydrogens (tertiary/aromatic N) is 2. The molecule has 6 aliphatic carbocycles. The normalized spacial score (nSPS) is 22.4. The highest BCUT2D eigenvalue weighted by Crippen LogP contribution is 2.54. The highest BCUT2D eigenvalue weighted by molar-refractivity contribution is 6.36. The Bertz CT molecular complexity index is 3410. The summed E-state index contributed by atoms with van der Waals surface area (Å²) in [7, 11) is 0. The number of hydrogen-bond acceptors (Lipinski definition) is 2. The molecule has 0 radical (unpaired) electrons. The smallest absolute Gasteiger partial charge is 0.166 e. The van der Waals surface area contributed by atoms with Crippen molar-refractivity contribution in [3.05, 3.63) is 156 Å². The fourth-order valence-electron chi connectivity index (χ4n) is 12.8.